The van der Waals surface area contributed by atoms with Gasteiger partial charge in [0.1, 0.15) is 18.0 Å². The van der Waals surface area contributed by atoms with Gasteiger partial charge in [-0.05, 0) is 29.6 Å². The molecule has 8 unspecified atom stereocenters. The van der Waals surface area contributed by atoms with Crippen molar-refractivity contribution in [3.05, 3.63) is 0 Å². The number of halogens is 4. The van der Waals surface area contributed by atoms with Gasteiger partial charge < -0.3 is 15.5 Å². The van der Waals surface area contributed by atoms with Crippen molar-refractivity contribution in [3.8, 4) is 0 Å². The zero-order valence-corrected chi connectivity index (χ0v) is 23.1. The van der Waals surface area contributed by atoms with Crippen LogP contribution in [0.2, 0.25) is 0 Å². The largest absolute Gasteiger partial charge is 0.356 e. The quantitative estimate of drug-likeness (QED) is 0.280. The molecule has 4 fully saturated rings. The summed E-state index contributed by atoms with van der Waals surface area (Å²) in [7, 11) is 0. The highest BCUT2D eigenvalue weighted by atomic mass is 35.5. The van der Waals surface area contributed by atoms with Gasteiger partial charge in [-0.15, -0.1) is 0 Å². The van der Waals surface area contributed by atoms with Gasteiger partial charge in [0.2, 0.25) is 17.7 Å². The molecule has 8 atom stereocenters. The van der Waals surface area contributed by atoms with Gasteiger partial charge in [-0.1, -0.05) is 45.7 Å². The number of rotatable bonds is 9. The van der Waals surface area contributed by atoms with Crippen molar-refractivity contribution >= 4 is 41.1 Å². The molecule has 2 aliphatic heterocycles. The second kappa shape index (κ2) is 10.4. The van der Waals surface area contributed by atoms with Crippen LogP contribution in [0.15, 0.2) is 0 Å². The SMILES string of the molecule is CCC(C)C(NC(=O)C1CC1(F)F)C(=O)N1CC2C(C1C(=O)NN(CC1CCNC1=O)C(=O)C(F)Cl)C2(C)C. The Morgan fingerprint density at radius 1 is 1.23 bits per heavy atom. The molecule has 14 heteroatoms. The van der Waals surface area contributed by atoms with Gasteiger partial charge in [-0.2, -0.15) is 0 Å². The first-order valence-electron chi connectivity index (χ1n) is 13.3. The molecule has 0 aromatic carbocycles. The predicted octanol–water partition coefficient (Wildman–Crippen LogP) is 1.19. The van der Waals surface area contributed by atoms with Gasteiger partial charge >= 0.3 is 0 Å². The van der Waals surface area contributed by atoms with Crippen molar-refractivity contribution < 1.29 is 37.1 Å². The molecule has 5 amide bonds. The van der Waals surface area contributed by atoms with Crippen LogP contribution < -0.4 is 16.1 Å². The summed E-state index contributed by atoms with van der Waals surface area (Å²) in [5, 5.41) is 5.77. The Hall–Kier alpha value is -2.57. The fourth-order valence-corrected chi connectivity index (χ4v) is 6.09. The zero-order chi connectivity index (χ0) is 29.0. The second-order valence-corrected chi connectivity index (χ2v) is 12.2. The predicted molar refractivity (Wildman–Crippen MR) is 132 cm³/mol. The zero-order valence-electron chi connectivity index (χ0n) is 22.3. The Bertz CT molecular complexity index is 1060. The lowest BCUT2D eigenvalue weighted by atomic mass is 9.95. The molecule has 3 N–H and O–H groups in total. The Labute approximate surface area is 229 Å². The number of carbonyl (C=O) groups is 5. The molecule has 2 heterocycles. The van der Waals surface area contributed by atoms with E-state index in [9.17, 15) is 37.1 Å². The van der Waals surface area contributed by atoms with E-state index in [0.29, 0.717) is 24.4 Å². The fourth-order valence-electron chi connectivity index (χ4n) is 5.97. The summed E-state index contributed by atoms with van der Waals surface area (Å²) >= 11 is 5.37. The minimum Gasteiger partial charge on any atom is -0.356 e. The number of piperidine rings is 1. The summed E-state index contributed by atoms with van der Waals surface area (Å²) in [5.74, 6) is -9.86. The van der Waals surface area contributed by atoms with Gasteiger partial charge in [0.15, 0.2) is 0 Å². The molecule has 0 radical (unpaired) electrons. The number of likely N-dealkylation sites (tertiary alicyclic amines) is 1. The first-order valence-corrected chi connectivity index (χ1v) is 13.7. The highest BCUT2D eigenvalue weighted by Crippen LogP contribution is 2.65. The average Bonchev–Trinajstić information content (AvgIpc) is 3.42. The van der Waals surface area contributed by atoms with Crippen LogP contribution in [-0.4, -0.2) is 82.7 Å². The number of nitrogens with one attached hydrogen (secondary N) is 3. The van der Waals surface area contributed by atoms with E-state index >= 15 is 0 Å². The fraction of sp³-hybridized carbons (Fsp3) is 0.800. The number of amides is 5. The van der Waals surface area contributed by atoms with Crippen LogP contribution in [0.5, 0.6) is 0 Å². The Morgan fingerprint density at radius 2 is 1.87 bits per heavy atom. The van der Waals surface area contributed by atoms with E-state index in [2.05, 4.69) is 16.1 Å². The van der Waals surface area contributed by atoms with Crippen molar-refractivity contribution in [1.82, 2.24) is 26.0 Å². The standard InChI is InChI=1S/C25H35ClF3N5O5/c1-5-11(2)16(31-20(36)13-8-25(13,28)29)22(38)33-10-14-15(24(14,3)4)17(33)21(37)32-34(23(39)18(26)27)9-12-6-7-30-19(12)35/h11-18H,5-10H2,1-4H3,(H,30,35)(H,31,36)(H,32,37). The molecule has 0 spiro atoms. The van der Waals surface area contributed by atoms with Crippen LogP contribution >= 0.6 is 11.6 Å². The topological polar surface area (TPSA) is 128 Å². The molecule has 0 aromatic heterocycles. The van der Waals surface area contributed by atoms with Crippen molar-refractivity contribution in [2.24, 2.45) is 35.0 Å². The van der Waals surface area contributed by atoms with E-state index in [0.717, 1.165) is 0 Å². The molecule has 4 aliphatic rings. The lowest BCUT2D eigenvalue weighted by Crippen LogP contribution is -2.60. The smallest absolute Gasteiger partial charge is 0.291 e. The lowest BCUT2D eigenvalue weighted by molar-refractivity contribution is -0.150. The van der Waals surface area contributed by atoms with Gasteiger partial charge in [-0.3, -0.25) is 29.4 Å². The highest BCUT2D eigenvalue weighted by Gasteiger charge is 2.70. The van der Waals surface area contributed by atoms with Crippen molar-refractivity contribution in [2.75, 3.05) is 19.6 Å². The van der Waals surface area contributed by atoms with Crippen LogP contribution in [0.1, 0.15) is 47.0 Å². The normalized spacial score (nSPS) is 31.8. The molecule has 39 heavy (non-hydrogen) atoms. The molecular weight excluding hydrogens is 543 g/mol. The Balaban J connectivity index is 1.54. The van der Waals surface area contributed by atoms with Crippen LogP contribution in [0, 0.1) is 35.0 Å². The van der Waals surface area contributed by atoms with E-state index < -0.39 is 71.4 Å². The minimum absolute atomic E-state index is 0.0510. The first kappa shape index (κ1) is 29.4. The molecule has 4 rings (SSSR count). The van der Waals surface area contributed by atoms with Crippen LogP contribution in [0.25, 0.3) is 0 Å². The molecule has 0 aromatic rings. The number of carbonyl (C=O) groups excluding carboxylic acids is 5. The molecule has 2 saturated heterocycles. The third-order valence-corrected chi connectivity index (χ3v) is 9.13. The van der Waals surface area contributed by atoms with E-state index in [-0.39, 0.29) is 36.2 Å². The summed E-state index contributed by atoms with van der Waals surface area (Å²) in [6.45, 7) is 7.64. The maximum Gasteiger partial charge on any atom is 0.291 e. The molecular formula is C25H35ClF3N5O5. The number of hydrazine groups is 1. The summed E-state index contributed by atoms with van der Waals surface area (Å²) in [4.78, 5) is 65.7. The third-order valence-electron chi connectivity index (χ3n) is 8.94. The molecule has 0 bridgehead atoms. The van der Waals surface area contributed by atoms with Crippen LogP contribution in [0.3, 0.4) is 0 Å². The summed E-state index contributed by atoms with van der Waals surface area (Å²) < 4.78 is 40.8. The van der Waals surface area contributed by atoms with Crippen molar-refractivity contribution in [1.29, 1.82) is 0 Å². The molecule has 2 saturated carbocycles. The average molecular weight is 578 g/mol. The Morgan fingerprint density at radius 3 is 2.38 bits per heavy atom. The van der Waals surface area contributed by atoms with E-state index in [1.165, 1.54) is 4.90 Å². The number of fused-ring (bicyclic) bond motifs is 1. The summed E-state index contributed by atoms with van der Waals surface area (Å²) in [5.41, 5.74) is -0.383. The minimum atomic E-state index is -3.10. The van der Waals surface area contributed by atoms with E-state index in [1.54, 1.807) is 13.8 Å². The maximum atomic E-state index is 13.8. The van der Waals surface area contributed by atoms with Crippen LogP contribution in [-0.2, 0) is 24.0 Å². The van der Waals surface area contributed by atoms with Crippen molar-refractivity contribution in [2.45, 2.75) is 70.6 Å². The highest BCUT2D eigenvalue weighted by molar-refractivity contribution is 6.29. The summed E-state index contributed by atoms with van der Waals surface area (Å²) in [6, 6.07) is -2.20. The number of hydrogen-bond acceptors (Lipinski definition) is 5. The monoisotopic (exact) mass is 577 g/mol. The Kier molecular flexibility index (Phi) is 7.87. The number of nitrogens with zero attached hydrogens (tertiary/aromatic N) is 2. The van der Waals surface area contributed by atoms with Gasteiger partial charge in [0, 0.05) is 19.5 Å². The summed E-state index contributed by atoms with van der Waals surface area (Å²) in [6.07, 6.45) is 0.256. The van der Waals surface area contributed by atoms with E-state index in [4.69, 9.17) is 11.6 Å². The van der Waals surface area contributed by atoms with Gasteiger partial charge in [0.25, 0.3) is 23.4 Å². The first-order chi connectivity index (χ1) is 18.1. The number of hydrogen-bond donors (Lipinski definition) is 3. The van der Waals surface area contributed by atoms with Crippen LogP contribution in [0.4, 0.5) is 13.2 Å². The van der Waals surface area contributed by atoms with Crippen molar-refractivity contribution in [3.63, 3.8) is 0 Å². The second-order valence-electron chi connectivity index (χ2n) is 11.8. The maximum absolute atomic E-state index is 13.8. The van der Waals surface area contributed by atoms with Gasteiger partial charge in [0.05, 0.1) is 12.5 Å². The molecule has 218 valence electrons. The number of alkyl halides is 4. The lowest BCUT2D eigenvalue weighted by Gasteiger charge is -2.36. The molecule has 10 nitrogen and oxygen atoms in total. The molecule has 2 aliphatic carbocycles. The third kappa shape index (κ3) is 5.55. The van der Waals surface area contributed by atoms with E-state index in [1.807, 2.05) is 13.8 Å². The van der Waals surface area contributed by atoms with Gasteiger partial charge in [-0.25, -0.2) is 18.2 Å².